The van der Waals surface area contributed by atoms with Gasteiger partial charge in [-0.2, -0.15) is 0 Å². The minimum atomic E-state index is -2.00. The largest absolute Gasteiger partial charge is 0.543 e. The van der Waals surface area contributed by atoms with Gasteiger partial charge in [0.05, 0.1) is 0 Å². The van der Waals surface area contributed by atoms with Crippen molar-refractivity contribution in [2.75, 3.05) is 0 Å². The van der Waals surface area contributed by atoms with Crippen LogP contribution in [0.2, 0.25) is 18.1 Å². The van der Waals surface area contributed by atoms with Crippen LogP contribution in [0.3, 0.4) is 0 Å². The van der Waals surface area contributed by atoms with Gasteiger partial charge < -0.3 is 14.8 Å². The summed E-state index contributed by atoms with van der Waals surface area (Å²) >= 11 is 0. The molecule has 0 aliphatic carbocycles. The first-order valence-electron chi connectivity index (χ1n) is 6.47. The Morgan fingerprint density at radius 3 is 2.45 bits per heavy atom. The van der Waals surface area contributed by atoms with Crippen LogP contribution in [0, 0.1) is 5.82 Å². The van der Waals surface area contributed by atoms with Crippen molar-refractivity contribution >= 4 is 14.4 Å². The fourth-order valence-corrected chi connectivity index (χ4v) is 2.38. The zero-order chi connectivity index (χ0) is 15.6. The zero-order valence-corrected chi connectivity index (χ0v) is 13.6. The summed E-state index contributed by atoms with van der Waals surface area (Å²) in [6.45, 7) is 10.5. The normalized spacial score (nSPS) is 12.1. The van der Waals surface area contributed by atoms with E-state index in [2.05, 4.69) is 39.2 Å². The molecule has 20 heavy (non-hydrogen) atoms. The molecule has 0 radical (unpaired) electrons. The Balaban J connectivity index is 2.85. The number of carboxylic acid groups (broad SMARTS) is 1. The van der Waals surface area contributed by atoms with Gasteiger partial charge in [-0.15, -0.1) is 0 Å². The van der Waals surface area contributed by atoms with E-state index in [0.717, 1.165) is 0 Å². The summed E-state index contributed by atoms with van der Waals surface area (Å²) in [4.78, 5) is 10.4. The van der Waals surface area contributed by atoms with Gasteiger partial charge in [-0.05, 0) is 24.2 Å². The molecule has 112 valence electrons. The Hall–Kier alpha value is -1.56. The highest BCUT2D eigenvalue weighted by atomic mass is 28.4. The summed E-state index contributed by atoms with van der Waals surface area (Å²) in [5.41, 5.74) is 0.301. The molecule has 1 rings (SSSR count). The van der Waals surface area contributed by atoms with Crippen molar-refractivity contribution in [2.24, 2.45) is 0 Å². The van der Waals surface area contributed by atoms with E-state index < -0.39 is 20.2 Å². The van der Waals surface area contributed by atoms with E-state index in [1.165, 1.54) is 6.07 Å². The molecule has 0 saturated heterocycles. The number of carbonyl (C=O) groups is 1. The average molecular weight is 299 g/mol. The fraction of sp³-hybridized carbons (Fsp3) is 0.500. The predicted octanol–water partition coefficient (Wildman–Crippen LogP) is 3.98. The molecule has 1 amide bonds. The molecule has 0 aromatic heterocycles. The van der Waals surface area contributed by atoms with Gasteiger partial charge in [-0.25, -0.2) is 9.18 Å². The first kappa shape index (κ1) is 16.5. The lowest BCUT2D eigenvalue weighted by Crippen LogP contribution is -2.43. The third-order valence-electron chi connectivity index (χ3n) is 3.63. The second kappa shape index (κ2) is 5.83. The highest BCUT2D eigenvalue weighted by molar-refractivity contribution is 6.74. The molecule has 4 nitrogen and oxygen atoms in total. The van der Waals surface area contributed by atoms with Gasteiger partial charge >= 0.3 is 6.09 Å². The van der Waals surface area contributed by atoms with Crippen molar-refractivity contribution in [3.05, 3.63) is 29.6 Å². The monoisotopic (exact) mass is 299 g/mol. The van der Waals surface area contributed by atoms with E-state index in [4.69, 9.17) is 9.53 Å². The zero-order valence-electron chi connectivity index (χ0n) is 12.6. The Morgan fingerprint density at radius 1 is 1.40 bits per heavy atom. The number of benzene rings is 1. The number of halogens is 1. The quantitative estimate of drug-likeness (QED) is 0.827. The van der Waals surface area contributed by atoms with E-state index in [1.807, 2.05) is 0 Å². The van der Waals surface area contributed by atoms with Gasteiger partial charge in [-0.3, -0.25) is 0 Å². The highest BCUT2D eigenvalue weighted by Crippen LogP contribution is 2.37. The summed E-state index contributed by atoms with van der Waals surface area (Å²) in [7, 11) is -2.00. The molecule has 0 fully saturated rings. The molecular formula is C14H22FNO3Si. The van der Waals surface area contributed by atoms with E-state index in [9.17, 15) is 9.18 Å². The molecule has 1 aromatic rings. The predicted molar refractivity (Wildman–Crippen MR) is 79.1 cm³/mol. The molecule has 0 bridgehead atoms. The van der Waals surface area contributed by atoms with E-state index in [1.54, 1.807) is 12.1 Å². The number of hydrogen-bond acceptors (Lipinski definition) is 2. The molecule has 0 unspecified atom stereocenters. The van der Waals surface area contributed by atoms with Crippen LogP contribution in [0.25, 0.3) is 0 Å². The fourth-order valence-electron chi connectivity index (χ4n) is 1.35. The third kappa shape index (κ3) is 4.23. The highest BCUT2D eigenvalue weighted by Gasteiger charge is 2.39. The molecule has 6 heteroatoms. The smallest absolute Gasteiger partial charge is 0.404 e. The molecule has 1 aromatic carbocycles. The van der Waals surface area contributed by atoms with Crippen LogP contribution in [-0.2, 0) is 6.54 Å². The van der Waals surface area contributed by atoms with Crippen LogP contribution in [0.15, 0.2) is 18.2 Å². The van der Waals surface area contributed by atoms with Crippen molar-refractivity contribution in [3.63, 3.8) is 0 Å². The van der Waals surface area contributed by atoms with E-state index >= 15 is 0 Å². The lowest BCUT2D eigenvalue weighted by atomic mass is 10.2. The molecule has 0 saturated carbocycles. The molecule has 0 aliphatic heterocycles. The van der Waals surface area contributed by atoms with Gasteiger partial charge in [0.15, 0.2) is 0 Å². The summed E-state index contributed by atoms with van der Waals surface area (Å²) in [6.07, 6.45) is -1.18. The van der Waals surface area contributed by atoms with Crippen molar-refractivity contribution in [2.45, 2.75) is 45.4 Å². The van der Waals surface area contributed by atoms with E-state index in [0.29, 0.717) is 11.3 Å². The second-order valence-electron chi connectivity index (χ2n) is 6.27. The third-order valence-corrected chi connectivity index (χ3v) is 7.99. The lowest BCUT2D eigenvalue weighted by molar-refractivity contribution is 0.194. The minimum absolute atomic E-state index is 0.0347. The molecule has 0 heterocycles. The number of hydrogen-bond donors (Lipinski definition) is 2. The Labute approximate surface area is 120 Å². The number of rotatable bonds is 4. The van der Waals surface area contributed by atoms with Gasteiger partial charge in [0, 0.05) is 18.2 Å². The summed E-state index contributed by atoms with van der Waals surface area (Å²) in [5.74, 6) is 0.0307. The first-order chi connectivity index (χ1) is 9.03. The second-order valence-corrected chi connectivity index (χ2v) is 11.0. The molecule has 0 aliphatic rings. The van der Waals surface area contributed by atoms with Crippen LogP contribution in [0.4, 0.5) is 9.18 Å². The molecular weight excluding hydrogens is 277 g/mol. The number of amides is 1. The summed E-state index contributed by atoms with van der Waals surface area (Å²) in [5, 5.41) is 10.7. The van der Waals surface area contributed by atoms with Gasteiger partial charge in [0.2, 0.25) is 8.32 Å². The summed E-state index contributed by atoms with van der Waals surface area (Å²) in [6, 6.07) is 4.55. The molecule has 0 spiro atoms. The van der Waals surface area contributed by atoms with Crippen LogP contribution >= 0.6 is 0 Å². The average Bonchev–Trinajstić information content (AvgIpc) is 2.25. The van der Waals surface area contributed by atoms with E-state index in [-0.39, 0.29) is 11.6 Å². The maximum Gasteiger partial charge on any atom is 0.404 e. The molecule has 2 N–H and O–H groups in total. The van der Waals surface area contributed by atoms with Gasteiger partial charge in [0.1, 0.15) is 11.6 Å². The Kier molecular flexibility index (Phi) is 4.80. The van der Waals surface area contributed by atoms with Crippen molar-refractivity contribution in [3.8, 4) is 5.75 Å². The van der Waals surface area contributed by atoms with Crippen molar-refractivity contribution < 1.29 is 18.7 Å². The number of nitrogens with one attached hydrogen (secondary N) is 1. The SMILES string of the molecule is CC(C)(C)[Si](C)(C)Oc1ccc(CNC(=O)O)c(F)c1. The lowest BCUT2D eigenvalue weighted by Gasteiger charge is -2.36. The van der Waals surface area contributed by atoms with Gasteiger partial charge in [0.25, 0.3) is 0 Å². The van der Waals surface area contributed by atoms with Crippen LogP contribution in [0.5, 0.6) is 5.75 Å². The van der Waals surface area contributed by atoms with Crippen molar-refractivity contribution in [1.82, 2.24) is 5.32 Å². The standard InChI is InChI=1S/C14H22FNO3Si/c1-14(2,3)20(4,5)19-11-7-6-10(12(15)8-11)9-16-13(17)18/h6-8,16H,9H2,1-5H3,(H,17,18). The maximum atomic E-state index is 13.9. The minimum Gasteiger partial charge on any atom is -0.543 e. The first-order valence-corrected chi connectivity index (χ1v) is 9.38. The summed E-state index contributed by atoms with van der Waals surface area (Å²) < 4.78 is 19.9. The molecule has 0 atom stereocenters. The Bertz CT molecular complexity index is 498. The van der Waals surface area contributed by atoms with Crippen molar-refractivity contribution in [1.29, 1.82) is 0 Å². The van der Waals surface area contributed by atoms with Crippen LogP contribution in [-0.4, -0.2) is 19.5 Å². The van der Waals surface area contributed by atoms with Crippen LogP contribution in [0.1, 0.15) is 26.3 Å². The van der Waals surface area contributed by atoms with Crippen LogP contribution < -0.4 is 9.74 Å². The van der Waals surface area contributed by atoms with Gasteiger partial charge in [-0.1, -0.05) is 26.8 Å². The maximum absolute atomic E-state index is 13.9. The topological polar surface area (TPSA) is 58.6 Å². The Morgan fingerprint density at radius 2 is 2.00 bits per heavy atom.